The Balaban J connectivity index is 2.07. The van der Waals surface area contributed by atoms with Gasteiger partial charge in [-0.05, 0) is 75.6 Å². The van der Waals surface area contributed by atoms with Crippen LogP contribution in [0, 0.1) is 5.41 Å². The lowest BCUT2D eigenvalue weighted by Crippen LogP contribution is -2.65. The van der Waals surface area contributed by atoms with Crippen LogP contribution in [0.1, 0.15) is 53.0 Å². The Morgan fingerprint density at radius 1 is 0.909 bits per heavy atom. The summed E-state index contributed by atoms with van der Waals surface area (Å²) in [5, 5.41) is 0.628. The van der Waals surface area contributed by atoms with E-state index in [1.54, 1.807) is 21.9 Å². The summed E-state index contributed by atoms with van der Waals surface area (Å²) in [6, 6.07) is 14.7. The number of amides is 2. The summed E-state index contributed by atoms with van der Waals surface area (Å²) in [6.07, 6.45) is 0.935. The molecule has 1 aliphatic heterocycles. The van der Waals surface area contributed by atoms with Gasteiger partial charge in [0.2, 0.25) is 17.8 Å². The summed E-state index contributed by atoms with van der Waals surface area (Å²) in [4.78, 5) is 35.3. The Bertz CT molecular complexity index is 1010. The highest BCUT2D eigenvalue weighted by Crippen LogP contribution is 2.37. The van der Waals surface area contributed by atoms with Crippen LogP contribution in [-0.2, 0) is 16.1 Å². The van der Waals surface area contributed by atoms with E-state index in [0.717, 1.165) is 11.3 Å². The van der Waals surface area contributed by atoms with Crippen molar-refractivity contribution in [1.82, 2.24) is 9.80 Å². The van der Waals surface area contributed by atoms with Gasteiger partial charge in [0.1, 0.15) is 11.2 Å². The highest BCUT2D eigenvalue weighted by atomic mass is 35.5. The number of aliphatic imine (C=N–C) groups is 1. The highest BCUT2D eigenvalue weighted by molar-refractivity contribution is 6.30. The maximum absolute atomic E-state index is 13.8. The molecular formula is C26H32ClN3O3. The summed E-state index contributed by atoms with van der Waals surface area (Å²) >= 11 is 6.05. The van der Waals surface area contributed by atoms with Crippen LogP contribution in [0.15, 0.2) is 53.5 Å². The van der Waals surface area contributed by atoms with Crippen LogP contribution in [0.25, 0.3) is 0 Å². The lowest BCUT2D eigenvalue weighted by Gasteiger charge is -2.45. The molecule has 1 fully saturated rings. The molecule has 0 bridgehead atoms. The molecular weight excluding hydrogens is 438 g/mol. The molecule has 7 heteroatoms. The number of nitrogens with zero attached hydrogens (tertiary/aromatic N) is 3. The Kier molecular flexibility index (Phi) is 7.80. The summed E-state index contributed by atoms with van der Waals surface area (Å²) in [5.41, 5.74) is 0.463. The molecule has 0 radical (unpaired) electrons. The van der Waals surface area contributed by atoms with Crippen molar-refractivity contribution in [3.05, 3.63) is 59.1 Å². The van der Waals surface area contributed by atoms with E-state index in [1.165, 1.54) is 0 Å². The number of halogens is 1. The van der Waals surface area contributed by atoms with Crippen molar-refractivity contribution >= 4 is 35.1 Å². The minimum absolute atomic E-state index is 0.0670. The molecule has 0 aliphatic carbocycles. The molecule has 6 nitrogen and oxygen atoms in total. The van der Waals surface area contributed by atoms with Gasteiger partial charge in [-0.25, -0.2) is 4.99 Å². The van der Waals surface area contributed by atoms with Crippen molar-refractivity contribution in [2.24, 2.45) is 10.4 Å². The third kappa shape index (κ3) is 5.06. The molecule has 0 saturated carbocycles. The Hall–Kier alpha value is -2.86. The molecule has 33 heavy (non-hydrogen) atoms. The number of ether oxygens (including phenoxy) is 1. The van der Waals surface area contributed by atoms with Crippen molar-refractivity contribution < 1.29 is 14.3 Å². The average molecular weight is 470 g/mol. The third-order valence-electron chi connectivity index (χ3n) is 6.01. The predicted octanol–water partition coefficient (Wildman–Crippen LogP) is 5.81. The van der Waals surface area contributed by atoms with Gasteiger partial charge in [-0.15, -0.1) is 0 Å². The van der Waals surface area contributed by atoms with E-state index in [0.29, 0.717) is 42.6 Å². The van der Waals surface area contributed by atoms with Crippen molar-refractivity contribution in [3.63, 3.8) is 0 Å². The molecule has 1 heterocycles. The SMILES string of the molecule is CCN1C(=O)C(CC)(CC)C(=O)N(Cc2ccc(Cl)cc2)/C1=N/c1ccc(OC(C)C)cc1. The fraction of sp³-hybridized carbons (Fsp3) is 0.423. The van der Waals surface area contributed by atoms with Crippen LogP contribution in [-0.4, -0.2) is 40.2 Å². The van der Waals surface area contributed by atoms with Gasteiger partial charge < -0.3 is 4.74 Å². The monoisotopic (exact) mass is 469 g/mol. The van der Waals surface area contributed by atoms with Gasteiger partial charge >= 0.3 is 0 Å². The highest BCUT2D eigenvalue weighted by Gasteiger charge is 2.53. The zero-order valence-corrected chi connectivity index (χ0v) is 20.7. The second kappa shape index (κ2) is 10.4. The van der Waals surface area contributed by atoms with Gasteiger partial charge in [0.05, 0.1) is 18.3 Å². The molecule has 0 atom stereocenters. The van der Waals surface area contributed by atoms with Crippen molar-refractivity contribution in [2.45, 2.75) is 60.1 Å². The summed E-state index contributed by atoms with van der Waals surface area (Å²) in [7, 11) is 0. The standard InChI is InChI=1S/C26H32ClN3O3/c1-6-26(7-2)23(31)29(8-3)25(28-21-13-15-22(16-14-21)33-18(4)5)30(24(26)32)17-19-9-11-20(27)12-10-19/h9-16,18H,6-8,17H2,1-5H3/b28-25+. The van der Waals surface area contributed by atoms with Crippen LogP contribution in [0.5, 0.6) is 5.75 Å². The summed E-state index contributed by atoms with van der Waals surface area (Å²) in [5.74, 6) is 0.685. The molecule has 2 aromatic carbocycles. The van der Waals surface area contributed by atoms with E-state index in [9.17, 15) is 9.59 Å². The zero-order valence-electron chi connectivity index (χ0n) is 20.0. The van der Waals surface area contributed by atoms with Gasteiger partial charge in [0.15, 0.2) is 0 Å². The number of benzene rings is 2. The fourth-order valence-electron chi connectivity index (χ4n) is 4.10. The van der Waals surface area contributed by atoms with Crippen LogP contribution >= 0.6 is 11.6 Å². The number of guanidine groups is 1. The average Bonchev–Trinajstić information content (AvgIpc) is 2.80. The van der Waals surface area contributed by atoms with E-state index in [1.807, 2.05) is 71.0 Å². The van der Waals surface area contributed by atoms with Crippen molar-refractivity contribution in [1.29, 1.82) is 0 Å². The summed E-state index contributed by atoms with van der Waals surface area (Å²) in [6.45, 7) is 10.3. The largest absolute Gasteiger partial charge is 0.491 e. The first-order chi connectivity index (χ1) is 15.7. The quantitative estimate of drug-likeness (QED) is 0.458. The molecule has 0 unspecified atom stereocenters. The van der Waals surface area contributed by atoms with Gasteiger partial charge in [0.25, 0.3) is 0 Å². The normalized spacial score (nSPS) is 17.2. The third-order valence-corrected chi connectivity index (χ3v) is 6.26. The molecule has 0 aromatic heterocycles. The number of rotatable bonds is 8. The Morgan fingerprint density at radius 2 is 1.48 bits per heavy atom. The number of carbonyl (C=O) groups excluding carboxylic acids is 2. The Labute approximate surface area is 201 Å². The van der Waals surface area contributed by atoms with Crippen molar-refractivity contribution in [2.75, 3.05) is 6.54 Å². The van der Waals surface area contributed by atoms with E-state index >= 15 is 0 Å². The smallest absolute Gasteiger partial charge is 0.245 e. The second-order valence-electron chi connectivity index (χ2n) is 8.43. The first kappa shape index (κ1) is 24.8. The molecule has 1 saturated heterocycles. The number of hydrogen-bond donors (Lipinski definition) is 0. The van der Waals surface area contributed by atoms with Gasteiger partial charge in [-0.1, -0.05) is 37.6 Å². The molecule has 176 valence electrons. The van der Waals surface area contributed by atoms with E-state index in [4.69, 9.17) is 21.3 Å². The first-order valence-electron chi connectivity index (χ1n) is 11.5. The molecule has 1 aliphatic rings. The molecule has 0 spiro atoms. The second-order valence-corrected chi connectivity index (χ2v) is 8.87. The van der Waals surface area contributed by atoms with Crippen LogP contribution in [0.2, 0.25) is 5.02 Å². The van der Waals surface area contributed by atoms with E-state index < -0.39 is 5.41 Å². The predicted molar refractivity (Wildman–Crippen MR) is 132 cm³/mol. The lowest BCUT2D eigenvalue weighted by molar-refractivity contribution is -0.157. The minimum atomic E-state index is -1.09. The minimum Gasteiger partial charge on any atom is -0.491 e. The molecule has 3 rings (SSSR count). The molecule has 0 N–H and O–H groups in total. The van der Waals surface area contributed by atoms with Crippen LogP contribution in [0.3, 0.4) is 0 Å². The Morgan fingerprint density at radius 3 is 2.00 bits per heavy atom. The first-order valence-corrected chi connectivity index (χ1v) is 11.9. The van der Waals surface area contributed by atoms with Crippen molar-refractivity contribution in [3.8, 4) is 5.75 Å². The summed E-state index contributed by atoms with van der Waals surface area (Å²) < 4.78 is 5.71. The van der Waals surface area contributed by atoms with Gasteiger partial charge in [0, 0.05) is 11.6 Å². The number of carbonyl (C=O) groups is 2. The maximum Gasteiger partial charge on any atom is 0.245 e. The molecule has 2 amide bonds. The van der Waals surface area contributed by atoms with E-state index in [2.05, 4.69) is 0 Å². The van der Waals surface area contributed by atoms with Gasteiger partial charge in [-0.2, -0.15) is 0 Å². The maximum atomic E-state index is 13.8. The van der Waals surface area contributed by atoms with Crippen LogP contribution in [0.4, 0.5) is 5.69 Å². The topological polar surface area (TPSA) is 62.2 Å². The van der Waals surface area contributed by atoms with Crippen LogP contribution < -0.4 is 4.74 Å². The van der Waals surface area contributed by atoms with Gasteiger partial charge in [-0.3, -0.25) is 19.4 Å². The van der Waals surface area contributed by atoms with E-state index in [-0.39, 0.29) is 17.9 Å². The zero-order chi connectivity index (χ0) is 24.2. The lowest BCUT2D eigenvalue weighted by atomic mass is 9.77. The number of hydrogen-bond acceptors (Lipinski definition) is 4. The fourth-order valence-corrected chi connectivity index (χ4v) is 4.22. The molecule has 2 aromatic rings.